The van der Waals surface area contributed by atoms with Gasteiger partial charge in [0.25, 0.3) is 0 Å². The molecule has 2 nitrogen and oxygen atoms in total. The number of nitrogens with one attached hydrogen (secondary N) is 1. The van der Waals surface area contributed by atoms with Crippen molar-refractivity contribution < 1.29 is 26.3 Å². The first-order valence-electron chi connectivity index (χ1n) is 6.63. The predicted octanol–water partition coefficient (Wildman–Crippen LogP) is 5.21. The van der Waals surface area contributed by atoms with E-state index in [1.807, 2.05) is 0 Å². The van der Waals surface area contributed by atoms with E-state index in [1.165, 1.54) is 30.3 Å². The van der Waals surface area contributed by atoms with Gasteiger partial charge in [-0.1, -0.05) is 18.2 Å². The zero-order valence-corrected chi connectivity index (χ0v) is 12.0. The first-order chi connectivity index (χ1) is 11.1. The number of anilines is 1. The second kappa shape index (κ2) is 6.43. The van der Waals surface area contributed by atoms with Gasteiger partial charge in [0.1, 0.15) is 0 Å². The molecular weight excluding hydrogens is 334 g/mol. The first kappa shape index (κ1) is 17.7. The maximum absolute atomic E-state index is 12.9. The Hall–Kier alpha value is -2.69. The molecule has 0 saturated heterocycles. The summed E-state index contributed by atoms with van der Waals surface area (Å²) in [6, 6.07) is 9.10. The van der Waals surface area contributed by atoms with E-state index in [-0.39, 0.29) is 17.8 Å². The Morgan fingerprint density at radius 3 is 2.08 bits per heavy atom. The maximum Gasteiger partial charge on any atom is 0.417 e. The summed E-state index contributed by atoms with van der Waals surface area (Å²) in [7, 11) is 0. The van der Waals surface area contributed by atoms with Crippen molar-refractivity contribution >= 4 is 5.69 Å². The van der Waals surface area contributed by atoms with Crippen molar-refractivity contribution in [2.24, 2.45) is 0 Å². The molecule has 0 bridgehead atoms. The van der Waals surface area contributed by atoms with Crippen LogP contribution in [0.2, 0.25) is 0 Å². The SMILES string of the molecule is N#Cc1ccc(NCc2ccccc2C(F)(F)F)cc1C(F)(F)F. The molecule has 1 N–H and O–H groups in total. The number of halogens is 6. The largest absolute Gasteiger partial charge is 0.417 e. The van der Waals surface area contributed by atoms with Gasteiger partial charge < -0.3 is 5.32 Å². The van der Waals surface area contributed by atoms with Crippen LogP contribution in [-0.2, 0) is 18.9 Å². The first-order valence-corrected chi connectivity index (χ1v) is 6.63. The van der Waals surface area contributed by atoms with Crippen LogP contribution in [0.25, 0.3) is 0 Å². The minimum atomic E-state index is -4.73. The molecule has 0 aliphatic heterocycles. The van der Waals surface area contributed by atoms with Crippen LogP contribution in [0.5, 0.6) is 0 Å². The Morgan fingerprint density at radius 2 is 1.50 bits per heavy atom. The van der Waals surface area contributed by atoms with Crippen LogP contribution in [0, 0.1) is 11.3 Å². The third kappa shape index (κ3) is 3.98. The average Bonchev–Trinajstić information content (AvgIpc) is 2.51. The van der Waals surface area contributed by atoms with Crippen LogP contribution >= 0.6 is 0 Å². The van der Waals surface area contributed by atoms with Gasteiger partial charge in [-0.25, -0.2) is 0 Å². The third-order valence-electron chi connectivity index (χ3n) is 3.25. The van der Waals surface area contributed by atoms with E-state index in [0.29, 0.717) is 6.07 Å². The second-order valence-electron chi connectivity index (χ2n) is 4.88. The molecule has 0 heterocycles. The van der Waals surface area contributed by atoms with E-state index in [1.54, 1.807) is 0 Å². The number of hydrogen-bond donors (Lipinski definition) is 1. The third-order valence-corrected chi connectivity index (χ3v) is 3.25. The molecule has 0 aliphatic rings. The van der Waals surface area contributed by atoms with E-state index in [9.17, 15) is 26.3 Å². The highest BCUT2D eigenvalue weighted by molar-refractivity contribution is 5.53. The number of alkyl halides is 6. The number of rotatable bonds is 3. The minimum absolute atomic E-state index is 0.0293. The van der Waals surface area contributed by atoms with Crippen molar-refractivity contribution in [3.63, 3.8) is 0 Å². The zero-order chi connectivity index (χ0) is 18.0. The van der Waals surface area contributed by atoms with Gasteiger partial charge in [0.15, 0.2) is 0 Å². The van der Waals surface area contributed by atoms with Crippen molar-refractivity contribution in [3.8, 4) is 6.07 Å². The molecule has 0 aromatic heterocycles. The highest BCUT2D eigenvalue weighted by Gasteiger charge is 2.34. The van der Waals surface area contributed by atoms with Crippen molar-refractivity contribution in [2.45, 2.75) is 18.9 Å². The number of nitrogens with zero attached hydrogens (tertiary/aromatic N) is 1. The Balaban J connectivity index is 2.27. The average molecular weight is 344 g/mol. The number of nitriles is 1. The zero-order valence-electron chi connectivity index (χ0n) is 12.0. The molecule has 2 aromatic rings. The lowest BCUT2D eigenvalue weighted by atomic mass is 10.1. The summed E-state index contributed by atoms with van der Waals surface area (Å²) in [5.74, 6) is 0. The van der Waals surface area contributed by atoms with E-state index in [4.69, 9.17) is 5.26 Å². The topological polar surface area (TPSA) is 35.8 Å². The van der Waals surface area contributed by atoms with Gasteiger partial charge in [-0.2, -0.15) is 31.6 Å². The van der Waals surface area contributed by atoms with Gasteiger partial charge >= 0.3 is 12.4 Å². The van der Waals surface area contributed by atoms with Crippen LogP contribution in [0.15, 0.2) is 42.5 Å². The second-order valence-corrected chi connectivity index (χ2v) is 4.88. The molecule has 0 atom stereocenters. The molecule has 2 rings (SSSR count). The van der Waals surface area contributed by atoms with Crippen molar-refractivity contribution in [3.05, 3.63) is 64.7 Å². The highest BCUT2D eigenvalue weighted by Crippen LogP contribution is 2.34. The molecule has 0 radical (unpaired) electrons. The molecule has 126 valence electrons. The smallest absolute Gasteiger partial charge is 0.381 e. The van der Waals surface area contributed by atoms with Crippen LogP contribution < -0.4 is 5.32 Å². The van der Waals surface area contributed by atoms with Crippen molar-refractivity contribution in [1.29, 1.82) is 5.26 Å². The summed E-state index contributed by atoms with van der Waals surface area (Å²) in [5, 5.41) is 11.2. The van der Waals surface area contributed by atoms with Gasteiger partial charge in [-0.05, 0) is 29.8 Å². The normalized spacial score (nSPS) is 11.9. The molecular formula is C16H10F6N2. The minimum Gasteiger partial charge on any atom is -0.381 e. The van der Waals surface area contributed by atoms with Crippen LogP contribution in [0.1, 0.15) is 22.3 Å². The monoisotopic (exact) mass is 344 g/mol. The van der Waals surface area contributed by atoms with Crippen molar-refractivity contribution in [2.75, 3.05) is 5.32 Å². The fourth-order valence-corrected chi connectivity index (χ4v) is 2.13. The molecule has 0 fully saturated rings. The number of hydrogen-bond acceptors (Lipinski definition) is 2. The van der Waals surface area contributed by atoms with E-state index in [2.05, 4.69) is 5.32 Å². The quantitative estimate of drug-likeness (QED) is 0.776. The lowest BCUT2D eigenvalue weighted by molar-refractivity contribution is -0.138. The molecule has 2 aromatic carbocycles. The number of benzene rings is 2. The van der Waals surface area contributed by atoms with Crippen molar-refractivity contribution in [1.82, 2.24) is 0 Å². The Bertz CT molecular complexity index is 771. The van der Waals surface area contributed by atoms with E-state index >= 15 is 0 Å². The summed E-state index contributed by atoms with van der Waals surface area (Å²) in [6.07, 6.45) is -9.29. The molecule has 24 heavy (non-hydrogen) atoms. The molecule has 8 heteroatoms. The van der Waals surface area contributed by atoms with Gasteiger partial charge in [0.2, 0.25) is 0 Å². The van der Waals surface area contributed by atoms with Crippen LogP contribution in [-0.4, -0.2) is 0 Å². The molecule has 0 unspecified atom stereocenters. The lowest BCUT2D eigenvalue weighted by Crippen LogP contribution is -2.12. The Morgan fingerprint density at radius 1 is 0.875 bits per heavy atom. The van der Waals surface area contributed by atoms with E-state index < -0.39 is 29.0 Å². The molecule has 0 amide bonds. The van der Waals surface area contributed by atoms with Gasteiger partial charge in [0.05, 0.1) is 22.8 Å². The van der Waals surface area contributed by atoms with E-state index in [0.717, 1.165) is 12.1 Å². The predicted molar refractivity (Wildman–Crippen MR) is 74.9 cm³/mol. The summed E-state index contributed by atoms with van der Waals surface area (Å²) in [6.45, 7) is -0.307. The Labute approximate surface area is 133 Å². The fourth-order valence-electron chi connectivity index (χ4n) is 2.13. The summed E-state index contributed by atoms with van der Waals surface area (Å²) < 4.78 is 77.3. The van der Waals surface area contributed by atoms with Gasteiger partial charge in [0, 0.05) is 12.2 Å². The molecule has 0 aliphatic carbocycles. The fraction of sp³-hybridized carbons (Fsp3) is 0.188. The molecule has 0 spiro atoms. The summed E-state index contributed by atoms with van der Waals surface area (Å²) >= 11 is 0. The summed E-state index contributed by atoms with van der Waals surface area (Å²) in [5.41, 5.74) is -2.67. The van der Waals surface area contributed by atoms with Crippen LogP contribution in [0.3, 0.4) is 0 Å². The maximum atomic E-state index is 12.9. The van der Waals surface area contributed by atoms with Gasteiger partial charge in [-0.15, -0.1) is 0 Å². The highest BCUT2D eigenvalue weighted by atomic mass is 19.4. The Kier molecular flexibility index (Phi) is 4.73. The van der Waals surface area contributed by atoms with Gasteiger partial charge in [-0.3, -0.25) is 0 Å². The van der Waals surface area contributed by atoms with Crippen LogP contribution in [0.4, 0.5) is 32.0 Å². The summed E-state index contributed by atoms with van der Waals surface area (Å²) in [4.78, 5) is 0. The molecule has 0 saturated carbocycles. The standard InChI is InChI=1S/C16H10F6N2/c17-15(18,19)13-4-2-1-3-11(13)9-24-12-6-5-10(8-23)14(7-12)16(20,21)22/h1-7,24H,9H2. The lowest BCUT2D eigenvalue weighted by Gasteiger charge is -2.15.